The van der Waals surface area contributed by atoms with E-state index < -0.39 is 0 Å². The molecule has 0 saturated heterocycles. The maximum atomic E-state index is 11.2. The fraction of sp³-hybridized carbons (Fsp3) is 0.462. The second-order valence-electron chi connectivity index (χ2n) is 4.27. The number of rotatable bonds is 5. The van der Waals surface area contributed by atoms with Crippen LogP contribution in [0, 0.1) is 6.92 Å². The largest absolute Gasteiger partial charge is 0.469 e. The molecule has 0 aromatic carbocycles. The minimum absolute atomic E-state index is 0.213. The van der Waals surface area contributed by atoms with Crippen LogP contribution in [0.4, 0.5) is 5.82 Å². The summed E-state index contributed by atoms with van der Waals surface area (Å²) in [4.78, 5) is 17.7. The van der Waals surface area contributed by atoms with Gasteiger partial charge in [0.1, 0.15) is 5.52 Å². The molecule has 19 heavy (non-hydrogen) atoms. The molecule has 0 N–H and O–H groups in total. The first-order chi connectivity index (χ1) is 9.15. The van der Waals surface area contributed by atoms with Crippen molar-refractivity contribution in [3.63, 3.8) is 0 Å². The lowest BCUT2D eigenvalue weighted by Gasteiger charge is -2.21. The Balaban J connectivity index is 2.27. The van der Waals surface area contributed by atoms with Crippen molar-refractivity contribution in [2.75, 3.05) is 25.1 Å². The van der Waals surface area contributed by atoms with E-state index in [1.807, 2.05) is 31.0 Å². The summed E-state index contributed by atoms with van der Waals surface area (Å²) in [5.74, 6) is 0.629. The molecule has 0 aliphatic heterocycles. The van der Waals surface area contributed by atoms with Crippen LogP contribution in [0.2, 0.25) is 0 Å². The number of anilines is 1. The van der Waals surface area contributed by atoms with E-state index >= 15 is 0 Å². The number of aryl methyl sites for hydroxylation is 1. The summed E-state index contributed by atoms with van der Waals surface area (Å²) >= 11 is 0. The van der Waals surface area contributed by atoms with Gasteiger partial charge in [0.2, 0.25) is 0 Å². The molecule has 0 saturated carbocycles. The Labute approximate surface area is 112 Å². The molecule has 6 heteroatoms. The van der Waals surface area contributed by atoms with E-state index in [-0.39, 0.29) is 5.97 Å². The number of hydrogen-bond donors (Lipinski definition) is 0. The van der Waals surface area contributed by atoms with E-state index in [4.69, 9.17) is 0 Å². The minimum Gasteiger partial charge on any atom is -0.469 e. The van der Waals surface area contributed by atoms with Gasteiger partial charge < -0.3 is 9.64 Å². The molecule has 0 atom stereocenters. The van der Waals surface area contributed by atoms with E-state index in [1.54, 1.807) is 10.7 Å². The third-order valence-corrected chi connectivity index (χ3v) is 2.99. The first-order valence-electron chi connectivity index (χ1n) is 6.28. The molecule has 2 aromatic heterocycles. The maximum absolute atomic E-state index is 11.2. The topological polar surface area (TPSA) is 59.7 Å². The number of ether oxygens (including phenoxy) is 1. The molecule has 0 fully saturated rings. The van der Waals surface area contributed by atoms with Crippen LogP contribution < -0.4 is 4.90 Å². The van der Waals surface area contributed by atoms with E-state index in [1.165, 1.54) is 7.11 Å². The number of carbonyl (C=O) groups excluding carboxylic acids is 1. The van der Waals surface area contributed by atoms with Crippen molar-refractivity contribution in [3.05, 3.63) is 24.2 Å². The van der Waals surface area contributed by atoms with Gasteiger partial charge in [0, 0.05) is 25.5 Å². The Kier molecular flexibility index (Phi) is 3.99. The Morgan fingerprint density at radius 3 is 3.00 bits per heavy atom. The van der Waals surface area contributed by atoms with Gasteiger partial charge in [-0.25, -0.2) is 9.50 Å². The zero-order chi connectivity index (χ0) is 13.8. The van der Waals surface area contributed by atoms with Crippen molar-refractivity contribution >= 4 is 17.3 Å². The number of aromatic nitrogens is 3. The molecule has 102 valence electrons. The van der Waals surface area contributed by atoms with Crippen LogP contribution in [-0.4, -0.2) is 40.8 Å². The third kappa shape index (κ3) is 2.83. The molecule has 0 aliphatic rings. The summed E-state index contributed by atoms with van der Waals surface area (Å²) in [6.07, 6.45) is 3.88. The van der Waals surface area contributed by atoms with E-state index in [0.717, 1.165) is 23.6 Å². The lowest BCUT2D eigenvalue weighted by atomic mass is 10.3. The highest BCUT2D eigenvalue weighted by atomic mass is 16.5. The zero-order valence-electron chi connectivity index (χ0n) is 11.5. The summed E-state index contributed by atoms with van der Waals surface area (Å²) in [7, 11) is 1.40. The predicted octanol–water partition coefficient (Wildman–Crippen LogP) is 1.43. The normalized spacial score (nSPS) is 10.7. The summed E-state index contributed by atoms with van der Waals surface area (Å²) in [5, 5.41) is 4.36. The number of fused-ring (bicyclic) bond motifs is 1. The average Bonchev–Trinajstić information content (AvgIpc) is 2.79. The van der Waals surface area contributed by atoms with Gasteiger partial charge in [0.25, 0.3) is 0 Å². The van der Waals surface area contributed by atoms with Gasteiger partial charge in [0.15, 0.2) is 5.82 Å². The molecule has 0 bridgehead atoms. The molecule has 0 aliphatic carbocycles. The Hall–Kier alpha value is -2.11. The minimum atomic E-state index is -0.213. The van der Waals surface area contributed by atoms with Gasteiger partial charge in [-0.1, -0.05) is 0 Å². The molecule has 0 spiro atoms. The lowest BCUT2D eigenvalue weighted by Crippen LogP contribution is -2.27. The van der Waals surface area contributed by atoms with E-state index in [9.17, 15) is 4.79 Å². The first kappa shape index (κ1) is 13.3. The van der Waals surface area contributed by atoms with Crippen LogP contribution in [0.1, 0.15) is 19.0 Å². The van der Waals surface area contributed by atoms with E-state index in [2.05, 4.69) is 14.8 Å². The van der Waals surface area contributed by atoms with Crippen LogP contribution in [0.3, 0.4) is 0 Å². The quantitative estimate of drug-likeness (QED) is 0.763. The summed E-state index contributed by atoms with van der Waals surface area (Å²) in [6, 6.07) is 1.99. The SMILES string of the molecule is CCN(CCC(=O)OC)c1nccn2nc(C)cc12. The number of carbonyl (C=O) groups is 1. The van der Waals surface area contributed by atoms with Gasteiger partial charge >= 0.3 is 5.97 Å². The number of hydrogen-bond acceptors (Lipinski definition) is 5. The smallest absolute Gasteiger partial charge is 0.307 e. The summed E-state index contributed by atoms with van der Waals surface area (Å²) in [5.41, 5.74) is 1.89. The fourth-order valence-electron chi connectivity index (χ4n) is 2.02. The van der Waals surface area contributed by atoms with Crippen LogP contribution in [0.5, 0.6) is 0 Å². The molecule has 0 radical (unpaired) electrons. The zero-order valence-corrected chi connectivity index (χ0v) is 11.5. The second-order valence-corrected chi connectivity index (χ2v) is 4.27. The highest BCUT2D eigenvalue weighted by molar-refractivity contribution is 5.72. The number of nitrogens with zero attached hydrogens (tertiary/aromatic N) is 4. The number of methoxy groups -OCH3 is 1. The van der Waals surface area contributed by atoms with Crippen molar-refractivity contribution in [1.29, 1.82) is 0 Å². The predicted molar refractivity (Wildman–Crippen MR) is 72.2 cm³/mol. The maximum Gasteiger partial charge on any atom is 0.307 e. The Bertz CT molecular complexity index is 579. The summed E-state index contributed by atoms with van der Waals surface area (Å²) in [6.45, 7) is 5.33. The van der Waals surface area contributed by atoms with Crippen molar-refractivity contribution < 1.29 is 9.53 Å². The Morgan fingerprint density at radius 1 is 1.53 bits per heavy atom. The Morgan fingerprint density at radius 2 is 2.32 bits per heavy atom. The van der Waals surface area contributed by atoms with Crippen LogP contribution in [0.15, 0.2) is 18.5 Å². The molecular weight excluding hydrogens is 244 g/mol. The van der Waals surface area contributed by atoms with Gasteiger partial charge in [-0.05, 0) is 19.9 Å². The van der Waals surface area contributed by atoms with Crippen LogP contribution >= 0.6 is 0 Å². The first-order valence-corrected chi connectivity index (χ1v) is 6.28. The molecule has 2 rings (SSSR count). The van der Waals surface area contributed by atoms with Gasteiger partial charge in [-0.15, -0.1) is 0 Å². The highest BCUT2D eigenvalue weighted by Crippen LogP contribution is 2.19. The molecule has 0 unspecified atom stereocenters. The summed E-state index contributed by atoms with van der Waals surface area (Å²) < 4.78 is 6.47. The van der Waals surface area contributed by atoms with Gasteiger partial charge in [-0.2, -0.15) is 5.10 Å². The van der Waals surface area contributed by atoms with Crippen LogP contribution in [-0.2, 0) is 9.53 Å². The van der Waals surface area contributed by atoms with E-state index in [0.29, 0.717) is 13.0 Å². The lowest BCUT2D eigenvalue weighted by molar-refractivity contribution is -0.140. The average molecular weight is 262 g/mol. The standard InChI is InChI=1S/C13H18N4O2/c1-4-16(7-5-12(18)19-3)13-11-9-10(2)15-17(11)8-6-14-13/h6,8-9H,4-5,7H2,1-3H3. The second kappa shape index (κ2) is 5.69. The van der Waals surface area contributed by atoms with Crippen molar-refractivity contribution in [1.82, 2.24) is 14.6 Å². The van der Waals surface area contributed by atoms with Crippen molar-refractivity contribution in [2.45, 2.75) is 20.3 Å². The monoisotopic (exact) mass is 262 g/mol. The van der Waals surface area contributed by atoms with Crippen molar-refractivity contribution in [2.24, 2.45) is 0 Å². The van der Waals surface area contributed by atoms with Gasteiger partial charge in [0.05, 0.1) is 19.2 Å². The molecular formula is C13H18N4O2. The molecule has 2 heterocycles. The fourth-order valence-corrected chi connectivity index (χ4v) is 2.02. The van der Waals surface area contributed by atoms with Crippen molar-refractivity contribution in [3.8, 4) is 0 Å². The third-order valence-electron chi connectivity index (χ3n) is 2.99. The highest BCUT2D eigenvalue weighted by Gasteiger charge is 2.13. The number of esters is 1. The molecule has 0 amide bonds. The van der Waals surface area contributed by atoms with Gasteiger partial charge in [-0.3, -0.25) is 4.79 Å². The molecule has 2 aromatic rings. The van der Waals surface area contributed by atoms with Crippen LogP contribution in [0.25, 0.3) is 5.52 Å². The molecule has 6 nitrogen and oxygen atoms in total.